The number of anilines is 1. The highest BCUT2D eigenvalue weighted by molar-refractivity contribution is 7.91. The maximum absolute atomic E-state index is 13.4. The molecule has 0 radical (unpaired) electrons. The third-order valence-corrected chi connectivity index (χ3v) is 9.91. The van der Waals surface area contributed by atoms with Crippen molar-refractivity contribution in [2.24, 2.45) is 0 Å². The van der Waals surface area contributed by atoms with Gasteiger partial charge >= 0.3 is 15.1 Å². The number of nitro groups is 1. The number of rotatable bonds is 14. The van der Waals surface area contributed by atoms with Gasteiger partial charge in [-0.3, -0.25) is 15.1 Å². The SMILES string of the molecule is O=[N+]([O-])c1sccc1C(CCS(=O)(=O)c1ccncc1)S(=O)(=O)Oc1ccc(N(CCCl)CCCl)cc1. The molecule has 0 saturated carbocycles. The van der Waals surface area contributed by atoms with E-state index in [-0.39, 0.29) is 16.2 Å². The Balaban J connectivity index is 1.90. The summed E-state index contributed by atoms with van der Waals surface area (Å²) in [5.41, 5.74) is 0.617. The summed E-state index contributed by atoms with van der Waals surface area (Å²) in [6.45, 7) is 1.06. The zero-order chi connectivity index (χ0) is 27.1. The summed E-state index contributed by atoms with van der Waals surface area (Å²) >= 11 is 12.4. The van der Waals surface area contributed by atoms with E-state index in [2.05, 4.69) is 4.98 Å². The number of hydrogen-bond donors (Lipinski definition) is 0. The van der Waals surface area contributed by atoms with Crippen molar-refractivity contribution in [3.63, 3.8) is 0 Å². The fourth-order valence-electron chi connectivity index (χ4n) is 3.56. The first-order chi connectivity index (χ1) is 17.6. The molecule has 15 heteroatoms. The third-order valence-electron chi connectivity index (χ3n) is 5.32. The van der Waals surface area contributed by atoms with Crippen molar-refractivity contribution in [2.45, 2.75) is 16.6 Å². The minimum atomic E-state index is -4.54. The molecule has 37 heavy (non-hydrogen) atoms. The maximum Gasteiger partial charge on any atom is 0.328 e. The second-order valence-electron chi connectivity index (χ2n) is 7.65. The van der Waals surface area contributed by atoms with Gasteiger partial charge in [0.15, 0.2) is 9.84 Å². The van der Waals surface area contributed by atoms with Crippen LogP contribution in [0.3, 0.4) is 0 Å². The van der Waals surface area contributed by atoms with Crippen LogP contribution in [0.25, 0.3) is 0 Å². The van der Waals surface area contributed by atoms with E-state index in [0.717, 1.165) is 17.0 Å². The summed E-state index contributed by atoms with van der Waals surface area (Å²) in [5, 5.41) is 10.9. The standard InChI is InChI=1S/C22H23Cl2N3O7S3/c23-9-13-26(14-10-24)17-1-3-18(4-2-17)34-37(32,33)21(20-7-15-35-22(20)27(28)29)8-16-36(30,31)19-5-11-25-12-6-19/h1-7,11-12,15,21H,8-10,13-14,16H2. The van der Waals surface area contributed by atoms with Crippen LogP contribution in [0.4, 0.5) is 10.7 Å². The highest BCUT2D eigenvalue weighted by Gasteiger charge is 2.37. The summed E-state index contributed by atoms with van der Waals surface area (Å²) in [5.74, 6) is 0.127. The Labute approximate surface area is 229 Å². The molecular weight excluding hydrogens is 585 g/mol. The van der Waals surface area contributed by atoms with Crippen LogP contribution >= 0.6 is 34.5 Å². The van der Waals surface area contributed by atoms with Crippen molar-refractivity contribution >= 4 is 65.2 Å². The first kappa shape index (κ1) is 29.1. The van der Waals surface area contributed by atoms with Crippen LogP contribution in [0.15, 0.2) is 65.1 Å². The van der Waals surface area contributed by atoms with Gasteiger partial charge in [0, 0.05) is 42.9 Å². The zero-order valence-corrected chi connectivity index (χ0v) is 23.2. The molecule has 1 atom stereocenters. The summed E-state index contributed by atoms with van der Waals surface area (Å²) in [6.07, 6.45) is 2.15. The highest BCUT2D eigenvalue weighted by Crippen LogP contribution is 2.39. The average Bonchev–Trinajstić information content (AvgIpc) is 3.34. The Kier molecular flexibility index (Phi) is 10.1. The van der Waals surface area contributed by atoms with Crippen LogP contribution in [-0.4, -0.2) is 57.3 Å². The predicted octanol–water partition coefficient (Wildman–Crippen LogP) is 4.65. The lowest BCUT2D eigenvalue weighted by molar-refractivity contribution is -0.380. The Morgan fingerprint density at radius 2 is 1.62 bits per heavy atom. The zero-order valence-electron chi connectivity index (χ0n) is 19.3. The maximum atomic E-state index is 13.4. The number of hydrogen-bond acceptors (Lipinski definition) is 10. The molecule has 0 spiro atoms. The molecule has 0 amide bonds. The molecule has 2 aromatic heterocycles. The van der Waals surface area contributed by atoms with Gasteiger partial charge < -0.3 is 9.08 Å². The molecule has 3 aromatic rings. The lowest BCUT2D eigenvalue weighted by Gasteiger charge is -2.23. The van der Waals surface area contributed by atoms with Gasteiger partial charge in [0.1, 0.15) is 11.0 Å². The monoisotopic (exact) mass is 607 g/mol. The first-order valence-corrected chi connectivity index (χ1v) is 15.9. The minimum absolute atomic E-state index is 0.0275. The van der Waals surface area contributed by atoms with Gasteiger partial charge in [-0.05, 0) is 54.3 Å². The van der Waals surface area contributed by atoms with Crippen LogP contribution < -0.4 is 9.08 Å². The summed E-state index contributed by atoms with van der Waals surface area (Å²) in [6, 6.07) is 10.0. The molecule has 0 saturated heterocycles. The quantitative estimate of drug-likeness (QED) is 0.111. The van der Waals surface area contributed by atoms with Gasteiger partial charge in [0.25, 0.3) is 0 Å². The smallest absolute Gasteiger partial charge is 0.328 e. The molecule has 200 valence electrons. The Morgan fingerprint density at radius 3 is 2.19 bits per heavy atom. The second-order valence-corrected chi connectivity index (χ2v) is 13.1. The molecule has 0 N–H and O–H groups in total. The van der Waals surface area contributed by atoms with Crippen molar-refractivity contribution in [3.8, 4) is 5.75 Å². The van der Waals surface area contributed by atoms with Crippen molar-refractivity contribution in [3.05, 3.63) is 75.9 Å². The molecular formula is C22H23Cl2N3O7S3. The number of halogens is 2. The number of sulfone groups is 1. The van der Waals surface area contributed by atoms with Crippen LogP contribution in [-0.2, 0) is 20.0 Å². The number of aromatic nitrogens is 1. The van der Waals surface area contributed by atoms with E-state index < -0.39 is 47.3 Å². The molecule has 1 aromatic carbocycles. The molecule has 0 aliphatic carbocycles. The van der Waals surface area contributed by atoms with E-state index in [1.54, 1.807) is 12.1 Å². The van der Waals surface area contributed by atoms with Gasteiger partial charge in [-0.2, -0.15) is 8.42 Å². The summed E-state index contributed by atoms with van der Waals surface area (Å²) in [4.78, 5) is 16.5. The molecule has 0 bridgehead atoms. The molecule has 3 rings (SSSR count). The van der Waals surface area contributed by atoms with E-state index in [0.29, 0.717) is 24.8 Å². The normalized spacial score (nSPS) is 12.7. The third kappa shape index (κ3) is 7.54. The van der Waals surface area contributed by atoms with Crippen molar-refractivity contribution in [1.29, 1.82) is 0 Å². The van der Waals surface area contributed by atoms with Crippen molar-refractivity contribution in [1.82, 2.24) is 4.98 Å². The lowest BCUT2D eigenvalue weighted by Crippen LogP contribution is -2.27. The van der Waals surface area contributed by atoms with E-state index in [4.69, 9.17) is 27.4 Å². The number of benzene rings is 1. The fourth-order valence-corrected chi connectivity index (χ4v) is 7.69. The Hall–Kier alpha value is -2.45. The van der Waals surface area contributed by atoms with E-state index >= 15 is 0 Å². The average molecular weight is 609 g/mol. The highest BCUT2D eigenvalue weighted by atomic mass is 35.5. The number of alkyl halides is 2. The largest absolute Gasteiger partial charge is 0.382 e. The van der Waals surface area contributed by atoms with Crippen LogP contribution in [0.2, 0.25) is 0 Å². The molecule has 2 heterocycles. The number of thiophene rings is 1. The van der Waals surface area contributed by atoms with E-state index in [1.807, 2.05) is 4.90 Å². The van der Waals surface area contributed by atoms with Crippen LogP contribution in [0.5, 0.6) is 5.75 Å². The minimum Gasteiger partial charge on any atom is -0.382 e. The van der Waals surface area contributed by atoms with Gasteiger partial charge in [-0.15, -0.1) is 23.2 Å². The second kappa shape index (κ2) is 12.9. The summed E-state index contributed by atoms with van der Waals surface area (Å²) in [7, 11) is -8.44. The lowest BCUT2D eigenvalue weighted by atomic mass is 10.2. The molecule has 0 aliphatic heterocycles. The van der Waals surface area contributed by atoms with E-state index in [9.17, 15) is 26.9 Å². The summed E-state index contributed by atoms with van der Waals surface area (Å²) < 4.78 is 57.6. The van der Waals surface area contributed by atoms with Crippen LogP contribution in [0, 0.1) is 10.1 Å². The molecule has 1 unspecified atom stereocenters. The number of pyridine rings is 1. The molecule has 10 nitrogen and oxygen atoms in total. The Bertz CT molecular complexity index is 1390. The van der Waals surface area contributed by atoms with Crippen molar-refractivity contribution in [2.75, 3.05) is 35.5 Å². The van der Waals surface area contributed by atoms with Crippen LogP contribution in [0.1, 0.15) is 17.2 Å². The molecule has 0 fully saturated rings. The molecule has 0 aliphatic rings. The van der Waals surface area contributed by atoms with E-state index in [1.165, 1.54) is 48.1 Å². The first-order valence-electron chi connectivity index (χ1n) is 10.8. The van der Waals surface area contributed by atoms with Crippen molar-refractivity contribution < 1.29 is 25.9 Å². The predicted molar refractivity (Wildman–Crippen MR) is 144 cm³/mol. The topological polar surface area (TPSA) is 137 Å². The fraction of sp³-hybridized carbons (Fsp3) is 0.318. The van der Waals surface area contributed by atoms with Gasteiger partial charge in [-0.1, -0.05) is 11.3 Å². The number of nitrogens with zero attached hydrogens (tertiary/aromatic N) is 3. The Morgan fingerprint density at radius 1 is 1.00 bits per heavy atom. The van der Waals surface area contributed by atoms with Gasteiger partial charge in [-0.25, -0.2) is 8.42 Å². The van der Waals surface area contributed by atoms with Gasteiger partial charge in [0.2, 0.25) is 0 Å². The van der Waals surface area contributed by atoms with Gasteiger partial charge in [0.05, 0.1) is 21.1 Å².